The lowest BCUT2D eigenvalue weighted by molar-refractivity contribution is -0.131. The van der Waals surface area contributed by atoms with Crippen molar-refractivity contribution in [3.63, 3.8) is 0 Å². The molecule has 1 aromatic carbocycles. The van der Waals surface area contributed by atoms with Crippen molar-refractivity contribution in [1.29, 1.82) is 0 Å². The van der Waals surface area contributed by atoms with Gasteiger partial charge in [0.15, 0.2) is 0 Å². The Balaban J connectivity index is 1.41. The summed E-state index contributed by atoms with van der Waals surface area (Å²) >= 11 is 0. The fourth-order valence-corrected chi connectivity index (χ4v) is 3.28. The summed E-state index contributed by atoms with van der Waals surface area (Å²) in [7, 11) is 1.65. The molecule has 1 N–H and O–H groups in total. The van der Waals surface area contributed by atoms with Crippen LogP contribution in [0, 0.1) is 0 Å². The van der Waals surface area contributed by atoms with Crippen LogP contribution in [0.3, 0.4) is 0 Å². The van der Waals surface area contributed by atoms with Crippen LogP contribution in [-0.2, 0) is 16.1 Å². The number of ether oxygens (including phenoxy) is 1. The molecular formula is C20H26N2O3. The Kier molecular flexibility index (Phi) is 6.09. The molecule has 0 fully saturated rings. The molecule has 1 aliphatic carbocycles. The number of carbonyl (C=O) groups is 1. The standard InChI is InChI=1S/C20H26N2O3/c1-24-18-9-5-8-16(13-18)12-17-14-19(25-22-17)20(23)21-11-10-15-6-3-2-4-7-15/h5-6,8-9,13,19H,2-4,7,10-12,14H2,1H3,(H,21,23)/t19-/m1/s1. The topological polar surface area (TPSA) is 59.9 Å². The highest BCUT2D eigenvalue weighted by atomic mass is 16.6. The highest BCUT2D eigenvalue weighted by molar-refractivity contribution is 5.93. The molecule has 25 heavy (non-hydrogen) atoms. The number of hydrogen-bond donors (Lipinski definition) is 1. The van der Waals surface area contributed by atoms with Crippen molar-refractivity contribution in [1.82, 2.24) is 5.32 Å². The molecule has 0 bridgehead atoms. The first kappa shape index (κ1) is 17.5. The minimum Gasteiger partial charge on any atom is -0.497 e. The van der Waals surface area contributed by atoms with Crippen molar-refractivity contribution < 1.29 is 14.4 Å². The van der Waals surface area contributed by atoms with Crippen LogP contribution in [0.2, 0.25) is 0 Å². The summed E-state index contributed by atoms with van der Waals surface area (Å²) in [6, 6.07) is 7.87. The predicted molar refractivity (Wildman–Crippen MR) is 97.8 cm³/mol. The molecule has 1 atom stereocenters. The second kappa shape index (κ2) is 8.70. The Bertz CT molecular complexity index is 667. The van der Waals surface area contributed by atoms with E-state index in [-0.39, 0.29) is 5.91 Å². The highest BCUT2D eigenvalue weighted by Gasteiger charge is 2.27. The first-order valence-electron chi connectivity index (χ1n) is 9.04. The molecule has 134 valence electrons. The molecule has 5 nitrogen and oxygen atoms in total. The summed E-state index contributed by atoms with van der Waals surface area (Å²) in [4.78, 5) is 17.6. The normalized spacial score (nSPS) is 19.6. The van der Waals surface area contributed by atoms with Crippen LogP contribution in [0.5, 0.6) is 5.75 Å². The van der Waals surface area contributed by atoms with E-state index in [2.05, 4.69) is 16.5 Å². The van der Waals surface area contributed by atoms with Gasteiger partial charge in [-0.3, -0.25) is 4.79 Å². The number of nitrogens with zero attached hydrogens (tertiary/aromatic N) is 1. The lowest BCUT2D eigenvalue weighted by atomic mass is 9.97. The van der Waals surface area contributed by atoms with Gasteiger partial charge in [0.1, 0.15) is 5.75 Å². The Labute approximate surface area is 149 Å². The first-order chi connectivity index (χ1) is 12.2. The largest absolute Gasteiger partial charge is 0.497 e. The quantitative estimate of drug-likeness (QED) is 0.773. The smallest absolute Gasteiger partial charge is 0.264 e. The van der Waals surface area contributed by atoms with Gasteiger partial charge >= 0.3 is 0 Å². The van der Waals surface area contributed by atoms with Crippen LogP contribution < -0.4 is 10.1 Å². The zero-order chi connectivity index (χ0) is 17.5. The molecule has 1 amide bonds. The molecule has 0 unspecified atom stereocenters. The van der Waals surface area contributed by atoms with Crippen molar-refractivity contribution in [3.8, 4) is 5.75 Å². The van der Waals surface area contributed by atoms with E-state index in [4.69, 9.17) is 9.57 Å². The zero-order valence-electron chi connectivity index (χ0n) is 14.8. The van der Waals surface area contributed by atoms with E-state index >= 15 is 0 Å². The molecule has 0 radical (unpaired) electrons. The molecule has 0 aromatic heterocycles. The Morgan fingerprint density at radius 3 is 3.12 bits per heavy atom. The Morgan fingerprint density at radius 2 is 2.32 bits per heavy atom. The van der Waals surface area contributed by atoms with Crippen LogP contribution >= 0.6 is 0 Å². The molecule has 1 heterocycles. The summed E-state index contributed by atoms with van der Waals surface area (Å²) in [5.41, 5.74) is 3.46. The number of amides is 1. The molecule has 0 saturated heterocycles. The van der Waals surface area contributed by atoms with Gasteiger partial charge in [-0.2, -0.15) is 0 Å². The molecule has 1 aromatic rings. The van der Waals surface area contributed by atoms with Gasteiger partial charge in [0.25, 0.3) is 5.91 Å². The number of allylic oxidation sites excluding steroid dienone is 1. The van der Waals surface area contributed by atoms with E-state index in [9.17, 15) is 4.79 Å². The van der Waals surface area contributed by atoms with Crippen LogP contribution in [0.25, 0.3) is 0 Å². The summed E-state index contributed by atoms with van der Waals surface area (Å²) in [5, 5.41) is 7.07. The Morgan fingerprint density at radius 1 is 1.40 bits per heavy atom. The fraction of sp³-hybridized carbons (Fsp3) is 0.500. The lowest BCUT2D eigenvalue weighted by Crippen LogP contribution is -2.35. The fourth-order valence-electron chi connectivity index (χ4n) is 3.28. The van der Waals surface area contributed by atoms with Crippen molar-refractivity contribution in [2.75, 3.05) is 13.7 Å². The van der Waals surface area contributed by atoms with Gasteiger partial charge in [-0.15, -0.1) is 0 Å². The summed E-state index contributed by atoms with van der Waals surface area (Å²) in [6.45, 7) is 0.676. The monoisotopic (exact) mass is 342 g/mol. The third kappa shape index (κ3) is 5.08. The molecular weight excluding hydrogens is 316 g/mol. The van der Waals surface area contributed by atoms with Crippen LogP contribution in [0.15, 0.2) is 41.1 Å². The maximum absolute atomic E-state index is 12.2. The van der Waals surface area contributed by atoms with Crippen LogP contribution in [-0.4, -0.2) is 31.4 Å². The van der Waals surface area contributed by atoms with Gasteiger partial charge in [0, 0.05) is 19.4 Å². The van der Waals surface area contributed by atoms with Crippen molar-refractivity contribution in [2.24, 2.45) is 5.16 Å². The van der Waals surface area contributed by atoms with Crippen LogP contribution in [0.4, 0.5) is 0 Å². The average molecular weight is 342 g/mol. The van der Waals surface area contributed by atoms with Gasteiger partial charge < -0.3 is 14.9 Å². The van der Waals surface area contributed by atoms with E-state index < -0.39 is 6.10 Å². The predicted octanol–water partition coefficient (Wildman–Crippen LogP) is 3.39. The SMILES string of the molecule is COc1cccc(CC2=NO[C@@H](C(=O)NCCC3=CCCCC3)C2)c1. The van der Waals surface area contributed by atoms with Crippen molar-refractivity contribution in [3.05, 3.63) is 41.5 Å². The van der Waals surface area contributed by atoms with Gasteiger partial charge in [0.2, 0.25) is 6.10 Å². The second-order valence-electron chi connectivity index (χ2n) is 6.63. The number of hydrogen-bond acceptors (Lipinski definition) is 4. The van der Waals surface area contributed by atoms with Gasteiger partial charge in [-0.05, 0) is 49.8 Å². The molecule has 2 aliphatic rings. The third-order valence-electron chi connectivity index (χ3n) is 4.70. The van der Waals surface area contributed by atoms with Crippen molar-refractivity contribution >= 4 is 11.6 Å². The zero-order valence-corrected chi connectivity index (χ0v) is 14.8. The lowest BCUT2D eigenvalue weighted by Gasteiger charge is -2.14. The summed E-state index contributed by atoms with van der Waals surface area (Å²) < 4.78 is 5.23. The maximum atomic E-state index is 12.2. The number of benzene rings is 1. The van der Waals surface area contributed by atoms with E-state index in [1.165, 1.54) is 31.3 Å². The molecule has 5 heteroatoms. The minimum absolute atomic E-state index is 0.0687. The summed E-state index contributed by atoms with van der Waals surface area (Å²) in [6.07, 6.45) is 8.89. The molecule has 1 aliphatic heterocycles. The molecule has 0 saturated carbocycles. The van der Waals surface area contributed by atoms with E-state index in [1.54, 1.807) is 7.11 Å². The van der Waals surface area contributed by atoms with Gasteiger partial charge in [-0.1, -0.05) is 28.9 Å². The van der Waals surface area contributed by atoms with Crippen LogP contribution in [0.1, 0.15) is 44.1 Å². The number of carbonyl (C=O) groups excluding carboxylic acids is 1. The second-order valence-corrected chi connectivity index (χ2v) is 6.63. The third-order valence-corrected chi connectivity index (χ3v) is 4.70. The number of rotatable bonds is 7. The molecule has 0 spiro atoms. The maximum Gasteiger partial charge on any atom is 0.264 e. The minimum atomic E-state index is -0.499. The Hall–Kier alpha value is -2.30. The number of oxime groups is 1. The van der Waals surface area contributed by atoms with E-state index in [1.807, 2.05) is 24.3 Å². The van der Waals surface area contributed by atoms with Gasteiger partial charge in [0.05, 0.1) is 12.8 Å². The first-order valence-corrected chi connectivity index (χ1v) is 9.04. The van der Waals surface area contributed by atoms with E-state index in [0.717, 1.165) is 23.4 Å². The molecule has 3 rings (SSSR count). The number of methoxy groups -OCH3 is 1. The van der Waals surface area contributed by atoms with E-state index in [0.29, 0.717) is 19.4 Å². The summed E-state index contributed by atoms with van der Waals surface area (Å²) in [5.74, 6) is 0.754. The van der Waals surface area contributed by atoms with Crippen molar-refractivity contribution in [2.45, 2.75) is 51.0 Å². The average Bonchev–Trinajstić information content (AvgIpc) is 3.11. The highest BCUT2D eigenvalue weighted by Crippen LogP contribution is 2.20. The van der Waals surface area contributed by atoms with Gasteiger partial charge in [-0.25, -0.2) is 0 Å². The number of nitrogens with one attached hydrogen (secondary N) is 1.